The quantitative estimate of drug-likeness (QED) is 0.210. The molecule has 4 rings (SSSR count). The Morgan fingerprint density at radius 2 is 2.11 bits per heavy atom. The van der Waals surface area contributed by atoms with Crippen LogP contribution in [0.3, 0.4) is 0 Å². The van der Waals surface area contributed by atoms with Gasteiger partial charge in [-0.2, -0.15) is 0 Å². The van der Waals surface area contributed by atoms with E-state index >= 15 is 0 Å². The van der Waals surface area contributed by atoms with E-state index in [4.69, 9.17) is 9.47 Å². The van der Waals surface area contributed by atoms with Crippen molar-refractivity contribution in [1.29, 1.82) is 0 Å². The van der Waals surface area contributed by atoms with Crippen LogP contribution >= 0.6 is 23.1 Å². The summed E-state index contributed by atoms with van der Waals surface area (Å²) in [6.45, 7) is 8.84. The van der Waals surface area contributed by atoms with Crippen LogP contribution in [0.2, 0.25) is 0 Å². The third kappa shape index (κ3) is 6.17. The highest BCUT2D eigenvalue weighted by molar-refractivity contribution is 7.99. The molecule has 0 spiro atoms. The van der Waals surface area contributed by atoms with Crippen molar-refractivity contribution in [2.75, 3.05) is 17.7 Å². The average Bonchev–Trinajstić information content (AvgIpc) is 3.42. The van der Waals surface area contributed by atoms with Crippen molar-refractivity contribution in [2.45, 2.75) is 51.4 Å². The minimum atomic E-state index is -0.374. The van der Waals surface area contributed by atoms with E-state index in [-0.39, 0.29) is 24.2 Å². The van der Waals surface area contributed by atoms with E-state index in [0.29, 0.717) is 40.6 Å². The summed E-state index contributed by atoms with van der Waals surface area (Å²) < 4.78 is 13.0. The number of nitrogens with zero attached hydrogens (tertiary/aromatic N) is 3. The third-order valence-electron chi connectivity index (χ3n) is 5.79. The number of nitrogens with one attached hydrogen (secondary N) is 1. The van der Waals surface area contributed by atoms with Crippen LogP contribution < -0.4 is 10.1 Å². The van der Waals surface area contributed by atoms with Crippen molar-refractivity contribution in [3.05, 3.63) is 64.8 Å². The smallest absolute Gasteiger partial charge is 0.341 e. The SMILES string of the molecule is C=CCn1c(COc2ccccc2)nnc1SCC(=O)Nc1sc2c(c1C(=O)OCC)CCC(C)C2. The first-order chi connectivity index (χ1) is 17.5. The molecule has 1 aliphatic carbocycles. The van der Waals surface area contributed by atoms with Gasteiger partial charge in [0.1, 0.15) is 17.4 Å². The summed E-state index contributed by atoms with van der Waals surface area (Å²) in [4.78, 5) is 26.8. The van der Waals surface area contributed by atoms with Crippen LogP contribution in [0.15, 0.2) is 48.1 Å². The predicted octanol–water partition coefficient (Wildman–Crippen LogP) is 5.14. The zero-order chi connectivity index (χ0) is 25.5. The molecular weight excluding hydrogens is 496 g/mol. The number of thioether (sulfide) groups is 1. The molecule has 0 aliphatic heterocycles. The second kappa shape index (κ2) is 12.2. The average molecular weight is 527 g/mol. The number of esters is 1. The lowest BCUT2D eigenvalue weighted by atomic mass is 9.88. The van der Waals surface area contributed by atoms with Gasteiger partial charge >= 0.3 is 5.97 Å². The number of benzene rings is 1. The number of amides is 1. The van der Waals surface area contributed by atoms with Crippen LogP contribution in [0.4, 0.5) is 5.00 Å². The Morgan fingerprint density at radius 1 is 1.31 bits per heavy atom. The molecule has 0 bridgehead atoms. The second-order valence-electron chi connectivity index (χ2n) is 8.51. The lowest BCUT2D eigenvalue weighted by molar-refractivity contribution is -0.113. The second-order valence-corrected chi connectivity index (χ2v) is 10.6. The number of hydrogen-bond donors (Lipinski definition) is 1. The van der Waals surface area contributed by atoms with Gasteiger partial charge in [-0.15, -0.1) is 28.1 Å². The molecular formula is C26H30N4O4S2. The number of ether oxygens (including phenoxy) is 2. The van der Waals surface area contributed by atoms with E-state index in [0.717, 1.165) is 35.5 Å². The molecule has 2 aromatic heterocycles. The van der Waals surface area contributed by atoms with Gasteiger partial charge in [0.05, 0.1) is 17.9 Å². The maximum atomic E-state index is 12.9. The Kier molecular flexibility index (Phi) is 8.82. The fourth-order valence-corrected chi connectivity index (χ4v) is 6.24. The summed E-state index contributed by atoms with van der Waals surface area (Å²) in [6, 6.07) is 9.49. The van der Waals surface area contributed by atoms with Crippen LogP contribution in [0.5, 0.6) is 5.75 Å². The van der Waals surface area contributed by atoms with Crippen molar-refractivity contribution in [3.63, 3.8) is 0 Å². The Morgan fingerprint density at radius 3 is 2.86 bits per heavy atom. The van der Waals surface area contributed by atoms with E-state index < -0.39 is 0 Å². The van der Waals surface area contributed by atoms with Gasteiger partial charge in [-0.1, -0.05) is 43.0 Å². The van der Waals surface area contributed by atoms with E-state index in [1.807, 2.05) is 34.9 Å². The molecule has 36 heavy (non-hydrogen) atoms. The van der Waals surface area contributed by atoms with E-state index in [9.17, 15) is 9.59 Å². The molecule has 1 aromatic carbocycles. The van der Waals surface area contributed by atoms with Crippen molar-refractivity contribution in [1.82, 2.24) is 14.8 Å². The van der Waals surface area contributed by atoms with E-state index in [1.54, 1.807) is 13.0 Å². The number of allylic oxidation sites excluding steroid dienone is 1. The number of carbonyl (C=O) groups excluding carboxylic acids is 2. The summed E-state index contributed by atoms with van der Waals surface area (Å²) in [7, 11) is 0. The normalized spacial score (nSPS) is 14.7. The van der Waals surface area contributed by atoms with E-state index in [1.165, 1.54) is 23.1 Å². The number of aromatic nitrogens is 3. The molecule has 1 atom stereocenters. The van der Waals surface area contributed by atoms with Gasteiger partial charge in [-0.25, -0.2) is 4.79 Å². The van der Waals surface area contributed by atoms with Crippen LogP contribution in [0.1, 0.15) is 46.9 Å². The first-order valence-electron chi connectivity index (χ1n) is 11.9. The van der Waals surface area contributed by atoms with Crippen LogP contribution in [-0.2, 0) is 35.5 Å². The summed E-state index contributed by atoms with van der Waals surface area (Å²) in [5.41, 5.74) is 1.53. The first-order valence-corrected chi connectivity index (χ1v) is 13.7. The molecule has 1 unspecified atom stereocenters. The number of anilines is 1. The lowest BCUT2D eigenvalue weighted by Gasteiger charge is -2.18. The third-order valence-corrected chi connectivity index (χ3v) is 7.93. The molecule has 8 nitrogen and oxygen atoms in total. The topological polar surface area (TPSA) is 95.3 Å². The number of rotatable bonds is 11. The zero-order valence-corrected chi connectivity index (χ0v) is 22.1. The lowest BCUT2D eigenvalue weighted by Crippen LogP contribution is -2.18. The predicted molar refractivity (Wildman–Crippen MR) is 142 cm³/mol. The van der Waals surface area contributed by atoms with Gasteiger partial charge in [-0.3, -0.25) is 9.36 Å². The van der Waals surface area contributed by atoms with Gasteiger partial charge in [0.2, 0.25) is 5.91 Å². The molecule has 0 saturated carbocycles. The molecule has 10 heteroatoms. The first kappa shape index (κ1) is 26.0. The minimum Gasteiger partial charge on any atom is -0.486 e. The molecule has 0 saturated heterocycles. The highest BCUT2D eigenvalue weighted by Crippen LogP contribution is 2.40. The van der Waals surface area contributed by atoms with Gasteiger partial charge in [0.25, 0.3) is 0 Å². The summed E-state index contributed by atoms with van der Waals surface area (Å²) in [6.07, 6.45) is 4.51. The van der Waals surface area contributed by atoms with Gasteiger partial charge in [0.15, 0.2) is 11.0 Å². The molecule has 1 amide bonds. The molecule has 3 aromatic rings. The van der Waals surface area contributed by atoms with Gasteiger partial charge < -0.3 is 14.8 Å². The number of carbonyl (C=O) groups is 2. The Hall–Kier alpha value is -3.11. The molecule has 190 valence electrons. The summed E-state index contributed by atoms with van der Waals surface area (Å²) in [5, 5.41) is 12.6. The fraction of sp³-hybridized carbons (Fsp3) is 0.385. The zero-order valence-electron chi connectivity index (χ0n) is 20.5. The van der Waals surface area contributed by atoms with Crippen LogP contribution in [0.25, 0.3) is 0 Å². The number of para-hydroxylation sites is 1. The Balaban J connectivity index is 1.43. The largest absolute Gasteiger partial charge is 0.486 e. The minimum absolute atomic E-state index is 0.121. The molecule has 2 heterocycles. The molecule has 1 N–H and O–H groups in total. The fourth-order valence-electron chi connectivity index (χ4n) is 4.06. The van der Waals surface area contributed by atoms with Crippen LogP contribution in [-0.4, -0.2) is 39.0 Å². The van der Waals surface area contributed by atoms with Gasteiger partial charge in [-0.05, 0) is 49.8 Å². The van der Waals surface area contributed by atoms with Crippen molar-refractivity contribution in [3.8, 4) is 5.75 Å². The maximum Gasteiger partial charge on any atom is 0.341 e. The number of hydrogen-bond acceptors (Lipinski definition) is 8. The number of thiophene rings is 1. The van der Waals surface area contributed by atoms with Crippen molar-refractivity contribution in [2.24, 2.45) is 5.92 Å². The molecule has 0 radical (unpaired) electrons. The van der Waals surface area contributed by atoms with Crippen molar-refractivity contribution < 1.29 is 19.1 Å². The highest BCUT2D eigenvalue weighted by Gasteiger charge is 2.29. The van der Waals surface area contributed by atoms with Crippen LogP contribution in [0, 0.1) is 5.92 Å². The molecule has 1 aliphatic rings. The Labute approximate surface area is 219 Å². The van der Waals surface area contributed by atoms with Gasteiger partial charge in [0, 0.05) is 11.4 Å². The highest BCUT2D eigenvalue weighted by atomic mass is 32.2. The standard InChI is InChI=1S/C26H30N4O4S2/c1-4-13-30-21(15-34-18-9-7-6-8-10-18)28-29-26(30)35-16-22(31)27-24-23(25(32)33-5-2)19-12-11-17(3)14-20(19)36-24/h4,6-10,17H,1,5,11-16H2,2-3H3,(H,27,31). The molecule has 0 fully saturated rings. The summed E-state index contributed by atoms with van der Waals surface area (Å²) in [5.74, 6) is 1.47. The van der Waals surface area contributed by atoms with Crippen molar-refractivity contribution >= 4 is 40.0 Å². The monoisotopic (exact) mass is 526 g/mol. The number of fused-ring (bicyclic) bond motifs is 1. The Bertz CT molecular complexity index is 1220. The van der Waals surface area contributed by atoms with E-state index in [2.05, 4.69) is 29.0 Å². The summed E-state index contributed by atoms with van der Waals surface area (Å²) >= 11 is 2.76. The maximum absolute atomic E-state index is 12.9.